The topological polar surface area (TPSA) is 89.0 Å². The van der Waals surface area contributed by atoms with E-state index in [-0.39, 0.29) is 31.1 Å². The maximum atomic E-state index is 12.7. The number of nitrogens with one attached hydrogen (secondary N) is 2. The number of ether oxygens (including phenoxy) is 1. The summed E-state index contributed by atoms with van der Waals surface area (Å²) in [5, 5.41) is 2.64. The minimum atomic E-state index is -2.67. The maximum absolute atomic E-state index is 12.7. The SMILES string of the molecule is CCOC(=O)c1c(C)[nH]c(C(=O)NCCc2nccn2C(F)F)c1C. The summed E-state index contributed by atoms with van der Waals surface area (Å²) in [4.78, 5) is 30.9. The fourth-order valence-corrected chi connectivity index (χ4v) is 2.58. The van der Waals surface area contributed by atoms with E-state index < -0.39 is 18.4 Å². The second-order valence-corrected chi connectivity index (χ2v) is 5.38. The molecule has 0 radical (unpaired) electrons. The second-order valence-electron chi connectivity index (χ2n) is 5.38. The summed E-state index contributed by atoms with van der Waals surface area (Å²) in [6.07, 6.45) is 2.63. The first kappa shape index (κ1) is 18.6. The van der Waals surface area contributed by atoms with Crippen LogP contribution in [-0.4, -0.2) is 39.6 Å². The zero-order valence-electron chi connectivity index (χ0n) is 14.2. The third-order valence-electron chi connectivity index (χ3n) is 3.74. The summed E-state index contributed by atoms with van der Waals surface area (Å²) in [6, 6.07) is 0. The lowest BCUT2D eigenvalue weighted by Gasteiger charge is -2.07. The Kier molecular flexibility index (Phi) is 5.89. The van der Waals surface area contributed by atoms with Crippen LogP contribution in [0.3, 0.4) is 0 Å². The van der Waals surface area contributed by atoms with Gasteiger partial charge in [-0.25, -0.2) is 9.78 Å². The average Bonchev–Trinajstić information content (AvgIpc) is 3.12. The van der Waals surface area contributed by atoms with Gasteiger partial charge in [0.05, 0.1) is 12.2 Å². The Balaban J connectivity index is 2.03. The van der Waals surface area contributed by atoms with E-state index in [2.05, 4.69) is 15.3 Å². The molecule has 136 valence electrons. The minimum absolute atomic E-state index is 0.134. The van der Waals surface area contributed by atoms with Crippen molar-refractivity contribution >= 4 is 11.9 Å². The van der Waals surface area contributed by atoms with Crippen molar-refractivity contribution in [3.05, 3.63) is 40.7 Å². The highest BCUT2D eigenvalue weighted by Gasteiger charge is 2.22. The largest absolute Gasteiger partial charge is 0.462 e. The lowest BCUT2D eigenvalue weighted by atomic mass is 10.1. The number of rotatable bonds is 7. The summed E-state index contributed by atoms with van der Waals surface area (Å²) in [5.74, 6) is -0.736. The van der Waals surface area contributed by atoms with E-state index in [9.17, 15) is 18.4 Å². The second kappa shape index (κ2) is 7.91. The number of hydrogen-bond acceptors (Lipinski definition) is 4. The number of aromatic nitrogens is 3. The third kappa shape index (κ3) is 4.04. The van der Waals surface area contributed by atoms with Gasteiger partial charge >= 0.3 is 12.5 Å². The molecule has 2 aromatic heterocycles. The van der Waals surface area contributed by atoms with E-state index in [1.807, 2.05) is 0 Å². The Morgan fingerprint density at radius 1 is 1.40 bits per heavy atom. The average molecular weight is 354 g/mol. The number of imidazole rings is 1. The first-order chi connectivity index (χ1) is 11.9. The fraction of sp³-hybridized carbons (Fsp3) is 0.438. The van der Waals surface area contributed by atoms with Crippen molar-refractivity contribution in [2.45, 2.75) is 33.7 Å². The molecule has 0 saturated carbocycles. The number of aryl methyl sites for hydroxylation is 1. The number of hydrogen-bond donors (Lipinski definition) is 2. The summed E-state index contributed by atoms with van der Waals surface area (Å²) >= 11 is 0. The highest BCUT2D eigenvalue weighted by molar-refractivity contribution is 6.00. The molecule has 2 heterocycles. The molecular formula is C16H20F2N4O3. The highest BCUT2D eigenvalue weighted by Crippen LogP contribution is 2.19. The van der Waals surface area contributed by atoms with E-state index in [1.165, 1.54) is 12.4 Å². The van der Waals surface area contributed by atoms with Crippen molar-refractivity contribution in [1.82, 2.24) is 19.9 Å². The van der Waals surface area contributed by atoms with Gasteiger partial charge in [0.25, 0.3) is 5.91 Å². The predicted octanol–water partition coefficient (Wildman–Crippen LogP) is 2.37. The van der Waals surface area contributed by atoms with Crippen molar-refractivity contribution in [3.8, 4) is 0 Å². The van der Waals surface area contributed by atoms with Crippen LogP contribution in [-0.2, 0) is 11.2 Å². The molecule has 0 saturated heterocycles. The summed E-state index contributed by atoms with van der Waals surface area (Å²) in [6.45, 7) is 2.72. The lowest BCUT2D eigenvalue weighted by Crippen LogP contribution is -2.27. The Labute approximate surface area is 143 Å². The van der Waals surface area contributed by atoms with Crippen molar-refractivity contribution in [3.63, 3.8) is 0 Å². The van der Waals surface area contributed by atoms with Gasteiger partial charge in [-0.2, -0.15) is 8.78 Å². The molecule has 7 nitrogen and oxygen atoms in total. The Bertz CT molecular complexity index is 768. The zero-order chi connectivity index (χ0) is 18.6. The first-order valence-electron chi connectivity index (χ1n) is 7.81. The van der Waals surface area contributed by atoms with Crippen molar-refractivity contribution in [1.29, 1.82) is 0 Å². The molecule has 25 heavy (non-hydrogen) atoms. The van der Waals surface area contributed by atoms with Crippen molar-refractivity contribution < 1.29 is 23.1 Å². The number of alkyl halides is 2. The van der Waals surface area contributed by atoms with Crippen LogP contribution in [0.1, 0.15) is 51.4 Å². The molecule has 9 heteroatoms. The first-order valence-corrected chi connectivity index (χ1v) is 7.81. The maximum Gasteiger partial charge on any atom is 0.340 e. The Hall–Kier alpha value is -2.71. The van der Waals surface area contributed by atoms with Crippen LogP contribution in [0, 0.1) is 13.8 Å². The molecule has 0 spiro atoms. The fourth-order valence-electron chi connectivity index (χ4n) is 2.58. The summed E-state index contributed by atoms with van der Waals surface area (Å²) < 4.78 is 31.2. The van der Waals surface area contributed by atoms with Crippen molar-refractivity contribution in [2.75, 3.05) is 13.2 Å². The Morgan fingerprint density at radius 2 is 2.12 bits per heavy atom. The van der Waals surface area contributed by atoms with E-state index in [0.29, 0.717) is 16.8 Å². The van der Waals surface area contributed by atoms with Gasteiger partial charge in [-0.3, -0.25) is 9.36 Å². The number of amides is 1. The number of nitrogens with zero attached hydrogens (tertiary/aromatic N) is 2. The number of carbonyl (C=O) groups is 2. The van der Waals surface area contributed by atoms with E-state index in [0.717, 1.165) is 4.57 Å². The van der Waals surface area contributed by atoms with Crippen LogP contribution in [0.25, 0.3) is 0 Å². The zero-order valence-corrected chi connectivity index (χ0v) is 14.2. The van der Waals surface area contributed by atoms with Gasteiger partial charge in [0, 0.05) is 31.1 Å². The summed E-state index contributed by atoms with van der Waals surface area (Å²) in [7, 11) is 0. The van der Waals surface area contributed by atoms with Gasteiger partial charge in [0.2, 0.25) is 0 Å². The van der Waals surface area contributed by atoms with Gasteiger partial charge in [-0.15, -0.1) is 0 Å². The molecule has 0 aliphatic rings. The molecule has 2 aromatic rings. The molecule has 0 atom stereocenters. The van der Waals surface area contributed by atoms with E-state index in [4.69, 9.17) is 4.74 Å². The van der Waals surface area contributed by atoms with Crippen LogP contribution >= 0.6 is 0 Å². The van der Waals surface area contributed by atoms with Gasteiger partial charge in [0.1, 0.15) is 11.5 Å². The third-order valence-corrected chi connectivity index (χ3v) is 3.74. The van der Waals surface area contributed by atoms with Crippen LogP contribution in [0.4, 0.5) is 8.78 Å². The summed E-state index contributed by atoms with van der Waals surface area (Å²) in [5.41, 5.74) is 1.61. The quantitative estimate of drug-likeness (QED) is 0.747. The molecule has 0 bridgehead atoms. The number of carbonyl (C=O) groups excluding carboxylic acids is 2. The number of esters is 1. The number of H-pyrrole nitrogens is 1. The molecular weight excluding hydrogens is 334 g/mol. The van der Waals surface area contributed by atoms with Gasteiger partial charge < -0.3 is 15.0 Å². The molecule has 0 aliphatic heterocycles. The molecule has 0 aliphatic carbocycles. The van der Waals surface area contributed by atoms with E-state index >= 15 is 0 Å². The molecule has 2 rings (SSSR count). The molecule has 0 unspecified atom stereocenters. The smallest absolute Gasteiger partial charge is 0.340 e. The van der Waals surface area contributed by atoms with Gasteiger partial charge in [-0.1, -0.05) is 0 Å². The van der Waals surface area contributed by atoms with Crippen LogP contribution in [0.2, 0.25) is 0 Å². The predicted molar refractivity (Wildman–Crippen MR) is 85.7 cm³/mol. The normalized spacial score (nSPS) is 11.0. The number of aromatic amines is 1. The molecule has 2 N–H and O–H groups in total. The lowest BCUT2D eigenvalue weighted by molar-refractivity contribution is 0.0524. The van der Waals surface area contributed by atoms with Gasteiger partial charge in [0.15, 0.2) is 0 Å². The highest BCUT2D eigenvalue weighted by atomic mass is 19.3. The Morgan fingerprint density at radius 3 is 2.76 bits per heavy atom. The number of halogens is 2. The van der Waals surface area contributed by atoms with E-state index in [1.54, 1.807) is 20.8 Å². The standard InChI is InChI=1S/C16H20F2N4O3/c1-4-25-15(24)12-9(2)13(21-10(12)3)14(23)20-6-5-11-19-7-8-22(11)16(17)18/h7-8,16,21H,4-6H2,1-3H3,(H,20,23). The molecule has 0 aromatic carbocycles. The van der Waals surface area contributed by atoms with Crippen molar-refractivity contribution in [2.24, 2.45) is 0 Å². The van der Waals surface area contributed by atoms with Crippen LogP contribution < -0.4 is 5.32 Å². The monoisotopic (exact) mass is 354 g/mol. The van der Waals surface area contributed by atoms with Crippen LogP contribution in [0.15, 0.2) is 12.4 Å². The van der Waals surface area contributed by atoms with Crippen LogP contribution in [0.5, 0.6) is 0 Å². The molecule has 0 fully saturated rings. The minimum Gasteiger partial charge on any atom is -0.462 e. The molecule has 1 amide bonds. The van der Waals surface area contributed by atoms with Gasteiger partial charge in [-0.05, 0) is 26.3 Å².